The van der Waals surface area contributed by atoms with E-state index in [4.69, 9.17) is 0 Å². The predicted octanol–water partition coefficient (Wildman–Crippen LogP) is 1.26. The van der Waals surface area contributed by atoms with Crippen LogP contribution in [0.1, 0.15) is 32.6 Å². The molecule has 0 radical (unpaired) electrons. The first kappa shape index (κ1) is 21.2. The summed E-state index contributed by atoms with van der Waals surface area (Å²) in [6.45, 7) is 8.12. The molecular weight excluding hydrogens is 386 g/mol. The largest absolute Gasteiger partial charge is 0.326 e. The molecular formula is C22H26N3O3S+. The van der Waals surface area contributed by atoms with Gasteiger partial charge in [0.05, 0.1) is 36.6 Å². The van der Waals surface area contributed by atoms with Gasteiger partial charge >= 0.3 is 0 Å². The number of nitrogens with one attached hydrogen (secondary N) is 1. The third-order valence-electron chi connectivity index (χ3n) is 5.61. The Morgan fingerprint density at radius 3 is 2.34 bits per heavy atom. The Morgan fingerprint density at radius 1 is 1.07 bits per heavy atom. The molecule has 152 valence electrons. The standard InChI is InChI=1S/C22H25N3O3S/c1-16-12-18(3)20(13-17(16)2)21(26)15-24-8-10-25(11-9-24)29(27,28)22-7-5-4-6-19(22)14-23/h4-7,12-13H,8-11,15H2,1-3H3/p+1. The lowest BCUT2D eigenvalue weighted by Crippen LogP contribution is -3.15. The van der Waals surface area contributed by atoms with Crippen molar-refractivity contribution < 1.29 is 18.1 Å². The number of sulfonamides is 1. The van der Waals surface area contributed by atoms with E-state index in [1.807, 2.05) is 39.0 Å². The van der Waals surface area contributed by atoms with Gasteiger partial charge in [-0.3, -0.25) is 4.79 Å². The van der Waals surface area contributed by atoms with Gasteiger partial charge in [0.25, 0.3) is 0 Å². The van der Waals surface area contributed by atoms with Gasteiger partial charge in [0.1, 0.15) is 12.6 Å². The van der Waals surface area contributed by atoms with Gasteiger partial charge in [0.15, 0.2) is 0 Å². The van der Waals surface area contributed by atoms with Crippen molar-refractivity contribution in [3.8, 4) is 6.07 Å². The number of rotatable bonds is 5. The van der Waals surface area contributed by atoms with E-state index in [1.54, 1.807) is 12.1 Å². The lowest BCUT2D eigenvalue weighted by molar-refractivity contribution is -0.895. The van der Waals surface area contributed by atoms with Crippen LogP contribution < -0.4 is 4.90 Å². The number of Topliss-reactive ketones (excluding diaryl/α,β-unsaturated/α-hetero) is 1. The molecule has 0 atom stereocenters. The molecule has 0 saturated carbocycles. The summed E-state index contributed by atoms with van der Waals surface area (Å²) in [6, 6.07) is 12.2. The highest BCUT2D eigenvalue weighted by molar-refractivity contribution is 7.89. The molecule has 2 aromatic rings. The number of carbonyl (C=O) groups excluding carboxylic acids is 1. The lowest BCUT2D eigenvalue weighted by Gasteiger charge is -2.31. The summed E-state index contributed by atoms with van der Waals surface area (Å²) in [5.74, 6) is 0.0896. The van der Waals surface area contributed by atoms with Gasteiger partial charge in [-0.1, -0.05) is 18.2 Å². The third-order valence-corrected chi connectivity index (χ3v) is 7.56. The minimum Gasteiger partial charge on any atom is -0.326 e. The molecule has 0 bridgehead atoms. The van der Waals surface area contributed by atoms with Crippen molar-refractivity contribution in [1.82, 2.24) is 4.31 Å². The van der Waals surface area contributed by atoms with Crippen molar-refractivity contribution in [3.05, 3.63) is 64.2 Å². The molecule has 0 aliphatic carbocycles. The van der Waals surface area contributed by atoms with E-state index in [0.717, 1.165) is 21.6 Å². The number of benzene rings is 2. The van der Waals surface area contributed by atoms with E-state index < -0.39 is 10.0 Å². The van der Waals surface area contributed by atoms with E-state index in [0.29, 0.717) is 32.7 Å². The number of hydrogen-bond acceptors (Lipinski definition) is 4. The molecule has 1 heterocycles. The number of nitrogens with zero attached hydrogens (tertiary/aromatic N) is 2. The molecule has 1 N–H and O–H groups in total. The molecule has 3 rings (SSSR count). The predicted molar refractivity (Wildman–Crippen MR) is 110 cm³/mol. The Kier molecular flexibility index (Phi) is 6.18. The smallest absolute Gasteiger partial charge is 0.244 e. The van der Waals surface area contributed by atoms with Crippen molar-refractivity contribution in [2.24, 2.45) is 0 Å². The lowest BCUT2D eigenvalue weighted by atomic mass is 9.98. The maximum absolute atomic E-state index is 12.9. The van der Waals surface area contributed by atoms with Crippen molar-refractivity contribution >= 4 is 15.8 Å². The van der Waals surface area contributed by atoms with Crippen LogP contribution in [0.15, 0.2) is 41.3 Å². The van der Waals surface area contributed by atoms with Crippen LogP contribution in [0.3, 0.4) is 0 Å². The summed E-state index contributed by atoms with van der Waals surface area (Å²) >= 11 is 0. The van der Waals surface area contributed by atoms with Crippen molar-refractivity contribution in [3.63, 3.8) is 0 Å². The Labute approximate surface area is 172 Å². The quantitative estimate of drug-likeness (QED) is 0.750. The Balaban J connectivity index is 1.67. The molecule has 0 amide bonds. The molecule has 1 saturated heterocycles. The highest BCUT2D eigenvalue weighted by atomic mass is 32.2. The average Bonchev–Trinajstić information content (AvgIpc) is 2.71. The van der Waals surface area contributed by atoms with E-state index in [9.17, 15) is 18.5 Å². The minimum atomic E-state index is -3.71. The maximum Gasteiger partial charge on any atom is 0.244 e. The zero-order chi connectivity index (χ0) is 21.2. The average molecular weight is 413 g/mol. The third kappa shape index (κ3) is 4.40. The summed E-state index contributed by atoms with van der Waals surface area (Å²) in [4.78, 5) is 13.9. The maximum atomic E-state index is 12.9. The van der Waals surface area contributed by atoms with Gasteiger partial charge in [-0.25, -0.2) is 8.42 Å². The van der Waals surface area contributed by atoms with Crippen LogP contribution in [0.5, 0.6) is 0 Å². The fraction of sp³-hybridized carbons (Fsp3) is 0.364. The van der Waals surface area contributed by atoms with Gasteiger partial charge in [-0.05, 0) is 55.7 Å². The monoisotopic (exact) mass is 412 g/mol. The number of piperazine rings is 1. The minimum absolute atomic E-state index is 0.0489. The zero-order valence-electron chi connectivity index (χ0n) is 17.0. The molecule has 0 spiro atoms. The topological polar surface area (TPSA) is 82.7 Å². The number of ketones is 1. The van der Waals surface area contributed by atoms with Gasteiger partial charge in [-0.15, -0.1) is 0 Å². The van der Waals surface area contributed by atoms with Crippen LogP contribution in [0.2, 0.25) is 0 Å². The zero-order valence-corrected chi connectivity index (χ0v) is 17.8. The second-order valence-corrected chi connectivity index (χ2v) is 9.52. The fourth-order valence-electron chi connectivity index (χ4n) is 3.73. The summed E-state index contributed by atoms with van der Waals surface area (Å²) in [7, 11) is -3.71. The number of hydrogen-bond donors (Lipinski definition) is 1. The Morgan fingerprint density at radius 2 is 1.69 bits per heavy atom. The van der Waals surface area contributed by atoms with Gasteiger partial charge in [0.2, 0.25) is 15.8 Å². The number of aryl methyl sites for hydroxylation is 3. The van der Waals surface area contributed by atoms with E-state index in [2.05, 4.69) is 0 Å². The summed E-state index contributed by atoms with van der Waals surface area (Å²) < 4.78 is 27.3. The second kappa shape index (κ2) is 8.46. The molecule has 1 aliphatic rings. The number of carbonyl (C=O) groups is 1. The first-order chi connectivity index (χ1) is 13.7. The molecule has 2 aromatic carbocycles. The van der Waals surface area contributed by atoms with Crippen LogP contribution in [-0.2, 0) is 10.0 Å². The molecule has 6 nitrogen and oxygen atoms in total. The Hall–Kier alpha value is -2.53. The van der Waals surface area contributed by atoms with Crippen molar-refractivity contribution in [2.75, 3.05) is 32.7 Å². The fourth-order valence-corrected chi connectivity index (χ4v) is 5.31. The van der Waals surface area contributed by atoms with E-state index in [-0.39, 0.29) is 16.2 Å². The molecule has 7 heteroatoms. The van der Waals surface area contributed by atoms with Gasteiger partial charge in [-0.2, -0.15) is 9.57 Å². The van der Waals surface area contributed by atoms with Crippen molar-refractivity contribution in [1.29, 1.82) is 5.26 Å². The van der Waals surface area contributed by atoms with Crippen molar-refractivity contribution in [2.45, 2.75) is 25.7 Å². The summed E-state index contributed by atoms with van der Waals surface area (Å²) in [6.07, 6.45) is 0. The van der Waals surface area contributed by atoms with Crippen LogP contribution in [-0.4, -0.2) is 51.2 Å². The van der Waals surface area contributed by atoms with Crippen LogP contribution in [0.4, 0.5) is 0 Å². The number of nitriles is 1. The molecule has 1 aliphatic heterocycles. The summed E-state index contributed by atoms with van der Waals surface area (Å²) in [5, 5.41) is 9.21. The normalized spacial score (nSPS) is 15.8. The van der Waals surface area contributed by atoms with Crippen LogP contribution >= 0.6 is 0 Å². The molecule has 1 fully saturated rings. The number of quaternary nitrogens is 1. The van der Waals surface area contributed by atoms with E-state index >= 15 is 0 Å². The van der Waals surface area contributed by atoms with E-state index in [1.165, 1.54) is 22.0 Å². The molecule has 0 aromatic heterocycles. The highest BCUT2D eigenvalue weighted by Crippen LogP contribution is 2.20. The van der Waals surface area contributed by atoms with Crippen LogP contribution in [0.25, 0.3) is 0 Å². The first-order valence-electron chi connectivity index (χ1n) is 9.68. The molecule has 0 unspecified atom stereocenters. The van der Waals surface area contributed by atoms with Crippen LogP contribution in [0, 0.1) is 32.1 Å². The highest BCUT2D eigenvalue weighted by Gasteiger charge is 2.32. The first-order valence-corrected chi connectivity index (χ1v) is 11.1. The Bertz CT molecular complexity index is 1080. The van der Waals surface area contributed by atoms with Gasteiger partial charge < -0.3 is 4.90 Å². The summed E-state index contributed by atoms with van der Waals surface area (Å²) in [5.41, 5.74) is 4.15. The molecule has 29 heavy (non-hydrogen) atoms. The SMILES string of the molecule is Cc1cc(C)c(C(=O)C[NH+]2CCN(S(=O)(=O)c3ccccc3C#N)CC2)cc1C. The second-order valence-electron chi connectivity index (χ2n) is 7.61. The van der Waals surface area contributed by atoms with Gasteiger partial charge in [0, 0.05) is 5.56 Å².